The minimum absolute atomic E-state index is 0.147. The summed E-state index contributed by atoms with van der Waals surface area (Å²) in [7, 11) is 2.02. The molecule has 4 rings (SSSR count). The van der Waals surface area contributed by atoms with Crippen LogP contribution in [0.1, 0.15) is 23.6 Å². The summed E-state index contributed by atoms with van der Waals surface area (Å²) >= 11 is 0. The van der Waals surface area contributed by atoms with Gasteiger partial charge in [0, 0.05) is 45.1 Å². The van der Waals surface area contributed by atoms with E-state index in [4.69, 9.17) is 0 Å². The number of nitrogens with zero attached hydrogens (tertiary/aromatic N) is 2. The van der Waals surface area contributed by atoms with Crippen LogP contribution in [-0.4, -0.2) is 84.8 Å². The third kappa shape index (κ3) is 9.91. The molecule has 1 aliphatic heterocycles. The molecule has 9 heteroatoms. The number of rotatable bonds is 12. The van der Waals surface area contributed by atoms with Crippen molar-refractivity contribution in [1.29, 1.82) is 0 Å². The Labute approximate surface area is 259 Å². The summed E-state index contributed by atoms with van der Waals surface area (Å²) in [5.41, 5.74) is 2.62. The van der Waals surface area contributed by atoms with Crippen molar-refractivity contribution < 1.29 is 19.2 Å². The first-order chi connectivity index (χ1) is 21.3. The molecule has 1 saturated heterocycles. The topological polar surface area (TPSA) is 111 Å². The fourth-order valence-electron chi connectivity index (χ4n) is 4.99. The molecular formula is C35H41N5O4. The van der Waals surface area contributed by atoms with E-state index in [1.54, 1.807) is 17.9 Å². The minimum Gasteiger partial charge on any atom is -0.342 e. The van der Waals surface area contributed by atoms with E-state index in [0.717, 1.165) is 29.8 Å². The molecule has 4 amide bonds. The number of piperazine rings is 1. The van der Waals surface area contributed by atoms with Gasteiger partial charge in [0.1, 0.15) is 18.1 Å². The van der Waals surface area contributed by atoms with Crippen LogP contribution < -0.4 is 16.0 Å². The fourth-order valence-corrected chi connectivity index (χ4v) is 4.99. The molecule has 0 bridgehead atoms. The highest BCUT2D eigenvalue weighted by atomic mass is 16.2. The predicted molar refractivity (Wildman–Crippen MR) is 171 cm³/mol. The standard InChI is InChI=1S/C35H41N5O4/c1-26(36-32(41)19-18-27-12-6-3-7-13-27)33(42)37-30(24-28-14-8-4-9-15-28)34(43)38-31(25-29-16-10-5-11-17-29)35(44)40-22-20-39(2)21-23-40/h3-19,26,30-31H,20-25H2,1-2H3,(H,36,41)(H,37,42)(H,38,43)/b19-18+. The maximum atomic E-state index is 13.8. The Hall–Kier alpha value is -4.76. The van der Waals surface area contributed by atoms with E-state index in [9.17, 15) is 19.2 Å². The van der Waals surface area contributed by atoms with Crippen LogP contribution in [0.3, 0.4) is 0 Å². The van der Waals surface area contributed by atoms with Crippen LogP contribution in [0.2, 0.25) is 0 Å². The number of benzene rings is 3. The first-order valence-corrected chi connectivity index (χ1v) is 15.0. The third-order valence-electron chi connectivity index (χ3n) is 7.61. The molecule has 0 aromatic heterocycles. The molecule has 0 spiro atoms. The van der Waals surface area contributed by atoms with Gasteiger partial charge in [0.25, 0.3) is 0 Å². The molecule has 1 aliphatic rings. The third-order valence-corrected chi connectivity index (χ3v) is 7.61. The summed E-state index contributed by atoms with van der Waals surface area (Å²) in [6.45, 7) is 4.24. The normalized spacial score (nSPS) is 15.6. The lowest BCUT2D eigenvalue weighted by atomic mass is 10.0. The molecule has 9 nitrogen and oxygen atoms in total. The Bertz CT molecular complexity index is 1410. The summed E-state index contributed by atoms with van der Waals surface area (Å²) < 4.78 is 0. The van der Waals surface area contributed by atoms with Crippen LogP contribution in [0, 0.1) is 0 Å². The summed E-state index contributed by atoms with van der Waals surface area (Å²) in [5.74, 6) is -1.55. The van der Waals surface area contributed by atoms with Gasteiger partial charge in [0.15, 0.2) is 0 Å². The molecule has 1 fully saturated rings. The van der Waals surface area contributed by atoms with E-state index in [0.29, 0.717) is 19.5 Å². The summed E-state index contributed by atoms with van der Waals surface area (Å²) in [6, 6.07) is 25.6. The fraction of sp³-hybridized carbons (Fsp3) is 0.314. The van der Waals surface area contributed by atoms with E-state index in [-0.39, 0.29) is 12.3 Å². The zero-order valence-corrected chi connectivity index (χ0v) is 25.3. The maximum Gasteiger partial charge on any atom is 0.245 e. The molecule has 230 valence electrons. The lowest BCUT2D eigenvalue weighted by Crippen LogP contribution is -2.59. The van der Waals surface area contributed by atoms with Crippen molar-refractivity contribution in [2.24, 2.45) is 0 Å². The van der Waals surface area contributed by atoms with E-state index in [1.165, 1.54) is 6.08 Å². The Kier molecular flexibility index (Phi) is 11.8. The summed E-state index contributed by atoms with van der Waals surface area (Å²) in [4.78, 5) is 57.2. The smallest absolute Gasteiger partial charge is 0.245 e. The molecule has 3 atom stereocenters. The quantitative estimate of drug-likeness (QED) is 0.279. The van der Waals surface area contributed by atoms with Crippen molar-refractivity contribution in [3.63, 3.8) is 0 Å². The highest BCUT2D eigenvalue weighted by Gasteiger charge is 2.31. The van der Waals surface area contributed by atoms with Crippen LogP contribution in [0.5, 0.6) is 0 Å². The van der Waals surface area contributed by atoms with Crippen molar-refractivity contribution in [3.05, 3.63) is 114 Å². The number of amides is 4. The molecule has 0 radical (unpaired) electrons. The average Bonchev–Trinajstić information content (AvgIpc) is 3.04. The summed E-state index contributed by atoms with van der Waals surface area (Å²) in [5, 5.41) is 8.44. The molecule has 3 unspecified atom stereocenters. The zero-order valence-electron chi connectivity index (χ0n) is 25.3. The second-order valence-corrected chi connectivity index (χ2v) is 11.1. The number of likely N-dealkylation sites (N-methyl/N-ethyl adjacent to an activating group) is 1. The van der Waals surface area contributed by atoms with Gasteiger partial charge in [-0.15, -0.1) is 0 Å². The first kappa shape index (κ1) is 32.2. The van der Waals surface area contributed by atoms with Crippen LogP contribution in [0.4, 0.5) is 0 Å². The van der Waals surface area contributed by atoms with Crippen molar-refractivity contribution in [1.82, 2.24) is 25.8 Å². The van der Waals surface area contributed by atoms with Gasteiger partial charge >= 0.3 is 0 Å². The van der Waals surface area contributed by atoms with E-state index in [2.05, 4.69) is 20.9 Å². The Morgan fingerprint density at radius 2 is 1.18 bits per heavy atom. The minimum atomic E-state index is -0.970. The van der Waals surface area contributed by atoms with Crippen LogP contribution in [0.15, 0.2) is 97.1 Å². The SMILES string of the molecule is CC(NC(=O)/C=C/c1ccccc1)C(=O)NC(Cc1ccccc1)C(=O)NC(Cc1ccccc1)C(=O)N1CCN(C)CC1. The predicted octanol–water partition coefficient (Wildman–Crippen LogP) is 2.43. The van der Waals surface area contributed by atoms with Gasteiger partial charge in [-0.25, -0.2) is 0 Å². The molecule has 1 heterocycles. The van der Waals surface area contributed by atoms with Crippen molar-refractivity contribution in [2.75, 3.05) is 33.2 Å². The molecule has 3 aromatic rings. The molecule has 3 N–H and O–H groups in total. The van der Waals surface area contributed by atoms with Gasteiger partial charge in [-0.3, -0.25) is 19.2 Å². The number of carbonyl (C=O) groups is 4. The number of hydrogen-bond donors (Lipinski definition) is 3. The molecular weight excluding hydrogens is 554 g/mol. The monoisotopic (exact) mass is 595 g/mol. The van der Waals surface area contributed by atoms with Crippen LogP contribution in [-0.2, 0) is 32.0 Å². The van der Waals surface area contributed by atoms with Crippen molar-refractivity contribution >= 4 is 29.7 Å². The molecule has 0 saturated carbocycles. The number of carbonyl (C=O) groups excluding carboxylic acids is 4. The second-order valence-electron chi connectivity index (χ2n) is 11.1. The Morgan fingerprint density at radius 1 is 0.682 bits per heavy atom. The molecule has 0 aliphatic carbocycles. The van der Waals surface area contributed by atoms with Gasteiger partial charge in [-0.2, -0.15) is 0 Å². The lowest BCUT2D eigenvalue weighted by molar-refractivity contribution is -0.138. The molecule has 44 heavy (non-hydrogen) atoms. The number of hydrogen-bond acceptors (Lipinski definition) is 5. The average molecular weight is 596 g/mol. The Morgan fingerprint density at radius 3 is 1.75 bits per heavy atom. The summed E-state index contributed by atoms with van der Waals surface area (Å²) in [6.07, 6.45) is 3.57. The van der Waals surface area contributed by atoms with Gasteiger partial charge in [-0.1, -0.05) is 91.0 Å². The van der Waals surface area contributed by atoms with E-state index < -0.39 is 35.8 Å². The maximum absolute atomic E-state index is 13.8. The van der Waals surface area contributed by atoms with E-state index >= 15 is 0 Å². The van der Waals surface area contributed by atoms with Gasteiger partial charge in [0.05, 0.1) is 0 Å². The lowest BCUT2D eigenvalue weighted by Gasteiger charge is -2.35. The Balaban J connectivity index is 1.47. The van der Waals surface area contributed by atoms with Crippen molar-refractivity contribution in [2.45, 2.75) is 37.9 Å². The first-order valence-electron chi connectivity index (χ1n) is 15.0. The van der Waals surface area contributed by atoms with E-state index in [1.807, 2.05) is 98.0 Å². The van der Waals surface area contributed by atoms with Crippen LogP contribution in [0.25, 0.3) is 6.08 Å². The number of nitrogens with one attached hydrogen (secondary N) is 3. The largest absolute Gasteiger partial charge is 0.342 e. The second kappa shape index (κ2) is 16.2. The molecule has 3 aromatic carbocycles. The highest BCUT2D eigenvalue weighted by molar-refractivity contribution is 5.97. The van der Waals surface area contributed by atoms with Crippen molar-refractivity contribution in [3.8, 4) is 0 Å². The van der Waals surface area contributed by atoms with Gasteiger partial charge in [-0.05, 0) is 36.7 Å². The zero-order chi connectivity index (χ0) is 31.3. The highest BCUT2D eigenvalue weighted by Crippen LogP contribution is 2.11. The van der Waals surface area contributed by atoms with Gasteiger partial charge in [0.2, 0.25) is 23.6 Å². The van der Waals surface area contributed by atoms with Gasteiger partial charge < -0.3 is 25.8 Å². The van der Waals surface area contributed by atoms with Crippen LogP contribution >= 0.6 is 0 Å².